The lowest BCUT2D eigenvalue weighted by molar-refractivity contribution is -0.143. The van der Waals surface area contributed by atoms with E-state index in [1.807, 2.05) is 59.9 Å². The predicted molar refractivity (Wildman–Crippen MR) is 168 cm³/mol. The number of hydrazine groups is 1. The lowest BCUT2D eigenvalue weighted by Gasteiger charge is -2.30. The van der Waals surface area contributed by atoms with Crippen LogP contribution in [-0.4, -0.2) is 101 Å². The summed E-state index contributed by atoms with van der Waals surface area (Å²) in [7, 11) is 1.82. The van der Waals surface area contributed by atoms with Gasteiger partial charge in [0, 0.05) is 57.9 Å². The van der Waals surface area contributed by atoms with Gasteiger partial charge in [-0.2, -0.15) is 4.98 Å². The van der Waals surface area contributed by atoms with Gasteiger partial charge in [-0.25, -0.2) is 9.80 Å². The van der Waals surface area contributed by atoms with E-state index in [9.17, 15) is 14.4 Å². The topological polar surface area (TPSA) is 124 Å². The number of amides is 3. The number of aryl methyl sites for hydroxylation is 2. The molecule has 12 heteroatoms. The van der Waals surface area contributed by atoms with Crippen LogP contribution < -0.4 is 10.2 Å². The highest BCUT2D eigenvalue weighted by atomic mass is 16.6. The number of ether oxygens (including phenoxy) is 1. The van der Waals surface area contributed by atoms with Crippen molar-refractivity contribution in [2.75, 3.05) is 57.8 Å². The number of likely N-dealkylation sites (N-methyl/N-ethyl adjacent to an activating group) is 2. The number of hydrogen-bond acceptors (Lipinski definition) is 9. The van der Waals surface area contributed by atoms with Crippen molar-refractivity contribution in [1.82, 2.24) is 30.4 Å². The Balaban J connectivity index is 1.45. The largest absolute Gasteiger partial charge is 0.444 e. The number of anilines is 1. The summed E-state index contributed by atoms with van der Waals surface area (Å²) < 4.78 is 10.7. The predicted octanol–water partition coefficient (Wildman–Crippen LogP) is 4.03. The van der Waals surface area contributed by atoms with Crippen LogP contribution in [0.5, 0.6) is 0 Å². The summed E-state index contributed by atoms with van der Waals surface area (Å²) in [4.78, 5) is 47.2. The summed E-state index contributed by atoms with van der Waals surface area (Å²) in [6.07, 6.45) is 4.59. The van der Waals surface area contributed by atoms with Crippen LogP contribution in [0.15, 0.2) is 22.7 Å². The van der Waals surface area contributed by atoms with E-state index >= 15 is 0 Å². The van der Waals surface area contributed by atoms with E-state index in [0.717, 1.165) is 18.7 Å². The number of carbonyl (C=O) groups excluding carboxylic acids is 3. The number of rotatable bonds is 11. The van der Waals surface area contributed by atoms with Crippen LogP contribution in [0.4, 0.5) is 10.5 Å². The minimum atomic E-state index is -0.635. The van der Waals surface area contributed by atoms with Gasteiger partial charge in [0.25, 0.3) is 5.91 Å². The van der Waals surface area contributed by atoms with Crippen LogP contribution in [0.2, 0.25) is 0 Å². The van der Waals surface area contributed by atoms with E-state index in [1.165, 1.54) is 25.7 Å². The minimum absolute atomic E-state index is 0.0437. The van der Waals surface area contributed by atoms with Gasteiger partial charge in [0.2, 0.25) is 17.6 Å². The zero-order valence-electron chi connectivity index (χ0n) is 27.4. The molecule has 2 atom stereocenters. The lowest BCUT2D eigenvalue weighted by atomic mass is 9.82. The number of nitrogens with one attached hydrogen (secondary N) is 1. The van der Waals surface area contributed by atoms with E-state index in [0.29, 0.717) is 41.3 Å². The van der Waals surface area contributed by atoms with E-state index in [2.05, 4.69) is 20.5 Å². The number of aromatic nitrogens is 2. The summed E-state index contributed by atoms with van der Waals surface area (Å²) in [5.41, 5.74) is 1.61. The zero-order chi connectivity index (χ0) is 32.0. The molecule has 1 saturated heterocycles. The Labute approximate surface area is 261 Å². The molecule has 0 bridgehead atoms. The van der Waals surface area contributed by atoms with E-state index in [4.69, 9.17) is 9.26 Å². The van der Waals surface area contributed by atoms with Crippen molar-refractivity contribution >= 4 is 23.6 Å². The van der Waals surface area contributed by atoms with Gasteiger partial charge >= 0.3 is 6.09 Å². The monoisotopic (exact) mass is 611 g/mol. The first-order valence-electron chi connectivity index (χ1n) is 15.8. The first-order chi connectivity index (χ1) is 20.9. The molecule has 44 heavy (non-hydrogen) atoms. The fourth-order valence-electron chi connectivity index (χ4n) is 6.03. The molecule has 1 aliphatic carbocycles. The molecule has 242 valence electrons. The lowest BCUT2D eigenvalue weighted by Crippen LogP contribution is -2.49. The summed E-state index contributed by atoms with van der Waals surface area (Å²) >= 11 is 0. The molecule has 1 aromatic heterocycles. The third-order valence-corrected chi connectivity index (χ3v) is 8.51. The van der Waals surface area contributed by atoms with Crippen molar-refractivity contribution in [3.63, 3.8) is 0 Å². The highest BCUT2D eigenvalue weighted by molar-refractivity contribution is 5.96. The average molecular weight is 612 g/mol. The molecule has 1 N–H and O–H groups in total. The Kier molecular flexibility index (Phi) is 11.0. The third kappa shape index (κ3) is 8.56. The molecule has 4 rings (SSSR count). The fourth-order valence-corrected chi connectivity index (χ4v) is 6.03. The van der Waals surface area contributed by atoms with Crippen LogP contribution in [0.25, 0.3) is 11.4 Å². The van der Waals surface area contributed by atoms with Crippen molar-refractivity contribution in [2.45, 2.75) is 72.8 Å². The number of fused-ring (bicyclic) bond motifs is 1. The molecule has 2 heterocycles. The second-order valence-corrected chi connectivity index (χ2v) is 12.9. The van der Waals surface area contributed by atoms with Crippen LogP contribution in [0.1, 0.15) is 64.8 Å². The first-order valence-corrected chi connectivity index (χ1v) is 15.8. The van der Waals surface area contributed by atoms with Gasteiger partial charge in [0.15, 0.2) is 0 Å². The van der Waals surface area contributed by atoms with E-state index < -0.39 is 11.7 Å². The molecular formula is C32H49N7O5. The second-order valence-electron chi connectivity index (χ2n) is 12.9. The molecule has 0 unspecified atom stereocenters. The van der Waals surface area contributed by atoms with Gasteiger partial charge < -0.3 is 19.1 Å². The van der Waals surface area contributed by atoms with Crippen molar-refractivity contribution in [2.24, 2.45) is 11.8 Å². The Morgan fingerprint density at radius 3 is 2.30 bits per heavy atom. The average Bonchev–Trinajstić information content (AvgIpc) is 3.61. The molecule has 1 saturated carbocycles. The molecule has 2 fully saturated rings. The molecule has 1 aromatic carbocycles. The fraction of sp³-hybridized carbons (Fsp3) is 0.656. The van der Waals surface area contributed by atoms with Crippen molar-refractivity contribution in [3.05, 3.63) is 29.7 Å². The normalized spacial score (nSPS) is 18.5. The van der Waals surface area contributed by atoms with Crippen LogP contribution >= 0.6 is 0 Å². The highest BCUT2D eigenvalue weighted by Crippen LogP contribution is 2.36. The smallest absolute Gasteiger partial charge is 0.410 e. The Morgan fingerprint density at radius 1 is 1.05 bits per heavy atom. The summed E-state index contributed by atoms with van der Waals surface area (Å²) in [6.45, 7) is 13.7. The standard InChI is InChI=1S/C32H49N7O5/c1-8-37(31(42)43-32(4,5)6)15-16-39(27-17-24(14-13-22(27)2)30-34-23(3)44-35-30)29(41)19-33-18-28(40)36(7)38-20-25-11-9-10-12-26(25)21-38/h13-14,17,25-26,33H,8-12,15-16,18-21H2,1-7H3/t25-,26+. The number of hydrogen-bond donors (Lipinski definition) is 1. The molecule has 2 aliphatic rings. The van der Waals surface area contributed by atoms with Gasteiger partial charge in [-0.3, -0.25) is 19.9 Å². The minimum Gasteiger partial charge on any atom is -0.444 e. The van der Waals surface area contributed by atoms with Gasteiger partial charge in [-0.15, -0.1) is 0 Å². The molecule has 3 amide bonds. The molecule has 2 aromatic rings. The maximum atomic E-state index is 13.8. The molecule has 1 aliphatic heterocycles. The van der Waals surface area contributed by atoms with Crippen LogP contribution in [0.3, 0.4) is 0 Å². The number of carbonyl (C=O) groups is 3. The Bertz CT molecular complexity index is 1290. The quantitative estimate of drug-likeness (QED) is 0.401. The van der Waals surface area contributed by atoms with E-state index in [1.54, 1.807) is 21.7 Å². The summed E-state index contributed by atoms with van der Waals surface area (Å²) in [6, 6.07) is 5.64. The molecule has 0 spiro atoms. The van der Waals surface area contributed by atoms with Gasteiger partial charge in [0.05, 0.1) is 13.1 Å². The Hall–Kier alpha value is -3.51. The summed E-state index contributed by atoms with van der Waals surface area (Å²) in [5, 5.41) is 11.0. The van der Waals surface area contributed by atoms with Gasteiger partial charge in [-0.1, -0.05) is 30.1 Å². The maximum Gasteiger partial charge on any atom is 0.410 e. The SMILES string of the molecule is CCN(CCN(C(=O)CNCC(=O)N(C)N1C[C@H]2CCCC[C@H]2C1)c1cc(-c2noc(C)n2)ccc1C)C(=O)OC(C)(C)C. The third-order valence-electron chi connectivity index (χ3n) is 8.51. The molecule has 12 nitrogen and oxygen atoms in total. The number of benzene rings is 1. The van der Waals surface area contributed by atoms with Gasteiger partial charge in [-0.05, 0) is 70.9 Å². The van der Waals surface area contributed by atoms with Crippen molar-refractivity contribution < 1.29 is 23.6 Å². The Morgan fingerprint density at radius 2 is 1.70 bits per heavy atom. The van der Waals surface area contributed by atoms with Crippen LogP contribution in [-0.2, 0) is 14.3 Å². The van der Waals surface area contributed by atoms with Crippen molar-refractivity contribution in [3.8, 4) is 11.4 Å². The molecular weight excluding hydrogens is 562 g/mol. The van der Waals surface area contributed by atoms with Crippen LogP contribution in [0, 0.1) is 25.7 Å². The molecule has 0 radical (unpaired) electrons. The maximum absolute atomic E-state index is 13.8. The van der Waals surface area contributed by atoms with E-state index in [-0.39, 0.29) is 38.0 Å². The van der Waals surface area contributed by atoms with Crippen molar-refractivity contribution in [1.29, 1.82) is 0 Å². The number of nitrogens with zero attached hydrogens (tertiary/aromatic N) is 6. The highest BCUT2D eigenvalue weighted by Gasteiger charge is 2.37. The second kappa shape index (κ2) is 14.5. The van der Waals surface area contributed by atoms with Gasteiger partial charge in [0.1, 0.15) is 5.60 Å². The summed E-state index contributed by atoms with van der Waals surface area (Å²) in [5.74, 6) is 1.90. The first kappa shape index (κ1) is 33.4. The zero-order valence-corrected chi connectivity index (χ0v) is 27.4.